The van der Waals surface area contributed by atoms with E-state index in [1.54, 1.807) is 0 Å². The summed E-state index contributed by atoms with van der Waals surface area (Å²) in [6.07, 6.45) is -10.9. The van der Waals surface area contributed by atoms with Gasteiger partial charge in [0, 0.05) is 12.1 Å². The van der Waals surface area contributed by atoms with Gasteiger partial charge in [-0.3, -0.25) is 14.9 Å². The molecule has 0 aromatic heterocycles. The van der Waals surface area contributed by atoms with Crippen molar-refractivity contribution in [1.29, 1.82) is 0 Å². The molecule has 13 nitrogen and oxygen atoms in total. The molecule has 0 spiro atoms. The second kappa shape index (κ2) is 11.2. The summed E-state index contributed by atoms with van der Waals surface area (Å²) in [5.41, 5.74) is -0.112. The maximum atomic E-state index is 11.9. The lowest BCUT2D eigenvalue weighted by molar-refractivity contribution is -0.384. The number of nitro groups is 1. The van der Waals surface area contributed by atoms with Gasteiger partial charge in [0.25, 0.3) is 11.6 Å². The number of aliphatic hydroxyl groups excluding tert-OH is 4. The van der Waals surface area contributed by atoms with Gasteiger partial charge in [-0.15, -0.1) is 0 Å². The van der Waals surface area contributed by atoms with Crippen LogP contribution >= 0.6 is 23.2 Å². The molecule has 1 aromatic rings. The number of halogens is 2. The second-order valence-electron chi connectivity index (χ2n) is 6.78. The summed E-state index contributed by atoms with van der Waals surface area (Å²) in [7, 11) is 0. The van der Waals surface area contributed by atoms with Crippen molar-refractivity contribution in [3.8, 4) is 0 Å². The molecule has 6 N–H and O–H groups in total. The number of ether oxygens (including phenoxy) is 2. The Balaban J connectivity index is 2.18. The van der Waals surface area contributed by atoms with Crippen molar-refractivity contribution in [3.63, 3.8) is 0 Å². The number of carboxylic acid groups (broad SMARTS) is 1. The van der Waals surface area contributed by atoms with Gasteiger partial charge in [-0.25, -0.2) is 4.79 Å². The van der Waals surface area contributed by atoms with Crippen LogP contribution < -0.4 is 5.32 Å². The van der Waals surface area contributed by atoms with Gasteiger partial charge in [0.15, 0.2) is 17.2 Å². The number of benzene rings is 1. The lowest BCUT2D eigenvalue weighted by Gasteiger charge is -2.39. The monoisotopic (exact) mass is 498 g/mol. The van der Waals surface area contributed by atoms with E-state index in [1.807, 2.05) is 0 Å². The Morgan fingerprint density at radius 3 is 2.25 bits per heavy atom. The van der Waals surface area contributed by atoms with Crippen LogP contribution in [0.3, 0.4) is 0 Å². The molecule has 0 unspecified atom stereocenters. The zero-order valence-corrected chi connectivity index (χ0v) is 17.5. The third-order valence-electron chi connectivity index (χ3n) is 4.61. The molecule has 1 saturated heterocycles. The molecule has 0 aliphatic carbocycles. The molecule has 2 rings (SSSR count). The molecule has 1 aromatic carbocycles. The van der Waals surface area contributed by atoms with Gasteiger partial charge in [-0.1, -0.05) is 23.2 Å². The number of aliphatic hydroxyl groups is 4. The van der Waals surface area contributed by atoms with Crippen molar-refractivity contribution in [1.82, 2.24) is 5.32 Å². The number of nitrogens with zero attached hydrogens (tertiary/aromatic N) is 1. The van der Waals surface area contributed by atoms with Crippen molar-refractivity contribution >= 4 is 40.8 Å². The topological polar surface area (TPSA) is 209 Å². The average molecular weight is 499 g/mol. The van der Waals surface area contributed by atoms with E-state index < -0.39 is 71.1 Å². The summed E-state index contributed by atoms with van der Waals surface area (Å²) < 4.78 is 10.2. The number of rotatable bonds is 9. The fraction of sp³-hybridized carbons (Fsp3) is 0.529. The fourth-order valence-electron chi connectivity index (χ4n) is 2.87. The Morgan fingerprint density at radius 2 is 1.75 bits per heavy atom. The van der Waals surface area contributed by atoms with Gasteiger partial charge in [0.05, 0.1) is 17.6 Å². The minimum absolute atomic E-state index is 0.133. The Bertz CT molecular complexity index is 825. The smallest absolute Gasteiger partial charge is 0.335 e. The number of carbonyl (C=O) groups excluding carboxylic acids is 1. The highest BCUT2D eigenvalue weighted by molar-refractivity contribution is 6.53. The van der Waals surface area contributed by atoms with Crippen molar-refractivity contribution in [2.24, 2.45) is 0 Å². The third-order valence-corrected chi connectivity index (χ3v) is 5.00. The molecule has 1 fully saturated rings. The second-order valence-corrected chi connectivity index (χ2v) is 7.87. The van der Waals surface area contributed by atoms with E-state index in [0.29, 0.717) is 0 Å². The fourth-order valence-corrected chi connectivity index (χ4v) is 3.00. The maximum absolute atomic E-state index is 11.9. The number of non-ortho nitro benzene ring substituents is 1. The molecule has 1 aliphatic heterocycles. The summed E-state index contributed by atoms with van der Waals surface area (Å²) in [5.74, 6) is -2.55. The van der Waals surface area contributed by atoms with Crippen LogP contribution in [-0.2, 0) is 19.1 Å². The van der Waals surface area contributed by atoms with Crippen molar-refractivity contribution in [2.45, 2.75) is 47.7 Å². The van der Waals surface area contributed by atoms with E-state index in [0.717, 1.165) is 12.1 Å². The van der Waals surface area contributed by atoms with Gasteiger partial charge < -0.3 is 40.3 Å². The number of amides is 1. The van der Waals surface area contributed by atoms with Gasteiger partial charge in [-0.2, -0.15) is 0 Å². The Kier molecular flexibility index (Phi) is 9.12. The SMILES string of the molecule is O=C(N[C@@H](CO[C@H]1O[C@H](C(=O)O)[C@@H](O)[C@H](O)[C@H]1O)[C@@H](O)c1ccc([N+](=O)[O-])cc1)C(Cl)Cl. The number of nitro benzene ring substituents is 1. The molecule has 7 atom stereocenters. The Hall–Kier alpha value is -2.10. The number of hydrogen-bond acceptors (Lipinski definition) is 10. The quantitative estimate of drug-likeness (QED) is 0.135. The summed E-state index contributed by atoms with van der Waals surface area (Å²) in [4.78, 5) is 31.7. The zero-order valence-electron chi connectivity index (χ0n) is 16.0. The number of carbonyl (C=O) groups is 2. The van der Waals surface area contributed by atoms with Gasteiger partial charge in [0.1, 0.15) is 24.4 Å². The van der Waals surface area contributed by atoms with E-state index >= 15 is 0 Å². The first-order valence-corrected chi connectivity index (χ1v) is 9.86. The van der Waals surface area contributed by atoms with E-state index in [2.05, 4.69) is 5.32 Å². The van der Waals surface area contributed by atoms with Crippen molar-refractivity contribution < 1.29 is 49.5 Å². The van der Waals surface area contributed by atoms with Crippen molar-refractivity contribution in [2.75, 3.05) is 6.61 Å². The molecule has 1 aliphatic rings. The van der Waals surface area contributed by atoms with Gasteiger partial charge >= 0.3 is 5.97 Å². The average Bonchev–Trinajstić information content (AvgIpc) is 2.75. The van der Waals surface area contributed by atoms with Crippen molar-refractivity contribution in [3.05, 3.63) is 39.9 Å². The van der Waals surface area contributed by atoms with Crippen LogP contribution in [0, 0.1) is 10.1 Å². The largest absolute Gasteiger partial charge is 0.479 e. The summed E-state index contributed by atoms with van der Waals surface area (Å²) in [6.45, 7) is -0.610. The molecule has 32 heavy (non-hydrogen) atoms. The van der Waals surface area contributed by atoms with Crippen LogP contribution in [-0.4, -0.2) is 90.5 Å². The summed E-state index contributed by atoms with van der Waals surface area (Å²) in [6, 6.07) is 3.40. The van der Waals surface area contributed by atoms with Crippen LogP contribution in [0.25, 0.3) is 0 Å². The minimum atomic E-state index is -1.93. The number of alkyl halides is 2. The van der Waals surface area contributed by atoms with Gasteiger partial charge in [0.2, 0.25) is 0 Å². The molecule has 1 heterocycles. The highest BCUT2D eigenvalue weighted by atomic mass is 35.5. The molecule has 1 amide bonds. The van der Waals surface area contributed by atoms with E-state index in [4.69, 9.17) is 37.8 Å². The summed E-state index contributed by atoms with van der Waals surface area (Å²) in [5, 5.41) is 62.4. The van der Waals surface area contributed by atoms with Crippen LogP contribution in [0.2, 0.25) is 0 Å². The maximum Gasteiger partial charge on any atom is 0.335 e. The molecular weight excluding hydrogens is 479 g/mol. The number of aliphatic carboxylic acids is 1. The molecule has 0 radical (unpaired) electrons. The lowest BCUT2D eigenvalue weighted by Crippen LogP contribution is -2.61. The predicted molar refractivity (Wildman–Crippen MR) is 106 cm³/mol. The van der Waals surface area contributed by atoms with Crippen LogP contribution in [0.15, 0.2) is 24.3 Å². The molecule has 178 valence electrons. The molecule has 15 heteroatoms. The molecule has 0 bridgehead atoms. The molecule has 0 saturated carbocycles. The number of nitrogens with one attached hydrogen (secondary N) is 1. The zero-order chi connectivity index (χ0) is 24.2. The third kappa shape index (κ3) is 6.24. The number of hydrogen-bond donors (Lipinski definition) is 6. The molecular formula is C17H20Cl2N2O11. The van der Waals surface area contributed by atoms with Crippen LogP contribution in [0.4, 0.5) is 5.69 Å². The van der Waals surface area contributed by atoms with Crippen LogP contribution in [0.5, 0.6) is 0 Å². The minimum Gasteiger partial charge on any atom is -0.479 e. The predicted octanol–water partition coefficient (Wildman–Crippen LogP) is -1.17. The first kappa shape index (κ1) is 26.2. The van der Waals surface area contributed by atoms with E-state index in [9.17, 15) is 40.1 Å². The normalized spacial score (nSPS) is 27.5. The van der Waals surface area contributed by atoms with E-state index in [-0.39, 0.29) is 11.3 Å². The van der Waals surface area contributed by atoms with E-state index in [1.165, 1.54) is 12.1 Å². The first-order valence-electron chi connectivity index (χ1n) is 8.99. The van der Waals surface area contributed by atoms with Crippen LogP contribution in [0.1, 0.15) is 11.7 Å². The Labute approximate surface area is 190 Å². The van der Waals surface area contributed by atoms with Gasteiger partial charge in [-0.05, 0) is 17.7 Å². The first-order chi connectivity index (χ1) is 14.9. The lowest BCUT2D eigenvalue weighted by atomic mass is 9.99. The highest BCUT2D eigenvalue weighted by Gasteiger charge is 2.47. The summed E-state index contributed by atoms with van der Waals surface area (Å²) >= 11 is 11.0. The highest BCUT2D eigenvalue weighted by Crippen LogP contribution is 2.25. The standard InChI is InChI=1S/C17H20Cl2N2O11/c18-14(19)15(26)20-8(9(22)6-1-3-7(4-2-6)21(29)30)5-31-17-12(25)10(23)11(24)13(32-17)16(27)28/h1-4,8-14,17,22-25H,5H2,(H,20,26)(H,27,28)/t8-,9-,10-,11-,12+,13-,17-/m0/s1. The number of carboxylic acids is 1. The Morgan fingerprint density at radius 1 is 1.16 bits per heavy atom.